The van der Waals surface area contributed by atoms with Crippen LogP contribution in [0.5, 0.6) is 5.75 Å². The van der Waals surface area contributed by atoms with Crippen molar-refractivity contribution in [2.45, 2.75) is 32.6 Å². The quantitative estimate of drug-likeness (QED) is 0.143. The van der Waals surface area contributed by atoms with E-state index in [9.17, 15) is 19.2 Å². The monoisotopic (exact) mass is 553 g/mol. The molecule has 0 aliphatic heterocycles. The highest BCUT2D eigenvalue weighted by atomic mass is 35.5. The van der Waals surface area contributed by atoms with E-state index in [1.807, 2.05) is 0 Å². The molecule has 38 heavy (non-hydrogen) atoms. The fourth-order valence-electron chi connectivity index (χ4n) is 3.86. The van der Waals surface area contributed by atoms with Gasteiger partial charge < -0.3 is 14.8 Å². The average Bonchev–Trinajstić information content (AvgIpc) is 3.27. The summed E-state index contributed by atoms with van der Waals surface area (Å²) >= 11 is 7.31. The minimum atomic E-state index is -0.993. The lowest BCUT2D eigenvalue weighted by Crippen LogP contribution is -2.32. The topological polar surface area (TPSA) is 123 Å². The summed E-state index contributed by atoms with van der Waals surface area (Å²) in [5.74, 6) is -2.75. The van der Waals surface area contributed by atoms with Gasteiger partial charge in [0.25, 0.3) is 0 Å². The van der Waals surface area contributed by atoms with Crippen LogP contribution in [0.2, 0.25) is 5.02 Å². The van der Waals surface area contributed by atoms with Gasteiger partial charge in [-0.2, -0.15) is 5.10 Å². The van der Waals surface area contributed by atoms with Gasteiger partial charge in [-0.25, -0.2) is 15.0 Å². The molecule has 11 heteroatoms. The third kappa shape index (κ3) is 6.45. The van der Waals surface area contributed by atoms with E-state index in [4.69, 9.17) is 21.1 Å². The number of nitrogens with zero attached hydrogens (tertiary/aromatic N) is 1. The lowest BCUT2D eigenvalue weighted by atomic mass is 9.95. The number of fused-ring (bicyclic) bond motifs is 1. The summed E-state index contributed by atoms with van der Waals surface area (Å²) in [4.78, 5) is 50.6. The number of hydrogen-bond donors (Lipinski definition) is 2. The van der Waals surface area contributed by atoms with Gasteiger partial charge in [-0.1, -0.05) is 23.7 Å². The number of nitrogens with one attached hydrogen (secondary N) is 2. The van der Waals surface area contributed by atoms with E-state index >= 15 is 0 Å². The first-order valence-electron chi connectivity index (χ1n) is 11.9. The first-order chi connectivity index (χ1) is 18.4. The number of esters is 2. The van der Waals surface area contributed by atoms with Crippen molar-refractivity contribution < 1.29 is 28.7 Å². The number of rotatable bonds is 7. The van der Waals surface area contributed by atoms with Crippen LogP contribution in [-0.4, -0.2) is 36.6 Å². The molecule has 0 saturated carbocycles. The number of hydrazone groups is 1. The third-order valence-corrected chi connectivity index (χ3v) is 7.19. The Balaban J connectivity index is 1.34. The fraction of sp³-hybridized carbons (Fsp3) is 0.222. The lowest BCUT2D eigenvalue weighted by molar-refractivity contribution is -0.136. The van der Waals surface area contributed by atoms with Gasteiger partial charge in [0.15, 0.2) is 0 Å². The molecule has 0 spiro atoms. The Labute approximate surface area is 227 Å². The van der Waals surface area contributed by atoms with E-state index in [2.05, 4.69) is 15.8 Å². The lowest BCUT2D eigenvalue weighted by Gasteiger charge is -2.12. The maximum Gasteiger partial charge on any atom is 0.345 e. The zero-order valence-electron chi connectivity index (χ0n) is 20.4. The normalized spacial score (nSPS) is 12.5. The highest BCUT2D eigenvalue weighted by molar-refractivity contribution is 7.17. The maximum atomic E-state index is 12.5. The Bertz CT molecular complexity index is 1400. The molecule has 3 aromatic rings. The van der Waals surface area contributed by atoms with Gasteiger partial charge in [0, 0.05) is 4.88 Å². The number of aryl methyl sites for hydroxylation is 1. The van der Waals surface area contributed by atoms with Crippen molar-refractivity contribution in [2.24, 2.45) is 5.10 Å². The van der Waals surface area contributed by atoms with E-state index < -0.39 is 23.8 Å². The summed E-state index contributed by atoms with van der Waals surface area (Å²) in [6.45, 7) is 1.91. The number of ether oxygens (including phenoxy) is 2. The fourth-order valence-corrected chi connectivity index (χ4v) is 5.35. The highest BCUT2D eigenvalue weighted by Gasteiger charge is 2.28. The van der Waals surface area contributed by atoms with Crippen molar-refractivity contribution in [3.63, 3.8) is 0 Å². The average molecular weight is 554 g/mol. The van der Waals surface area contributed by atoms with Crippen LogP contribution in [0.25, 0.3) is 0 Å². The van der Waals surface area contributed by atoms with Crippen LogP contribution in [0.1, 0.15) is 56.5 Å². The molecule has 0 atom stereocenters. The first-order valence-corrected chi connectivity index (χ1v) is 13.1. The zero-order valence-corrected chi connectivity index (χ0v) is 22.0. The molecule has 0 fully saturated rings. The van der Waals surface area contributed by atoms with Crippen LogP contribution in [0.3, 0.4) is 0 Å². The molecular weight excluding hydrogens is 530 g/mol. The summed E-state index contributed by atoms with van der Waals surface area (Å²) in [5.41, 5.74) is 4.21. The molecule has 0 bridgehead atoms. The minimum absolute atomic E-state index is 0.205. The smallest absolute Gasteiger partial charge is 0.345 e. The molecule has 2 N–H and O–H groups in total. The minimum Gasteiger partial charge on any atom is -0.462 e. The van der Waals surface area contributed by atoms with E-state index in [-0.39, 0.29) is 17.2 Å². The van der Waals surface area contributed by atoms with Gasteiger partial charge in [0.2, 0.25) is 0 Å². The van der Waals surface area contributed by atoms with Gasteiger partial charge in [-0.05, 0) is 80.1 Å². The molecule has 0 radical (unpaired) electrons. The molecule has 1 aliphatic rings. The molecule has 1 heterocycles. The summed E-state index contributed by atoms with van der Waals surface area (Å²) < 4.78 is 10.5. The molecule has 0 unspecified atom stereocenters. The predicted molar refractivity (Wildman–Crippen MR) is 144 cm³/mol. The van der Waals surface area contributed by atoms with Crippen LogP contribution in [-0.2, 0) is 27.2 Å². The number of thiophene rings is 1. The van der Waals surface area contributed by atoms with E-state index in [0.717, 1.165) is 36.1 Å². The molecule has 4 rings (SSSR count). The Morgan fingerprint density at radius 3 is 2.47 bits per heavy atom. The number of anilines is 1. The predicted octanol–water partition coefficient (Wildman–Crippen LogP) is 4.77. The van der Waals surface area contributed by atoms with E-state index in [0.29, 0.717) is 21.9 Å². The van der Waals surface area contributed by atoms with Gasteiger partial charge in [-0.3, -0.25) is 9.59 Å². The number of carbonyl (C=O) groups is 4. The van der Waals surface area contributed by atoms with Crippen molar-refractivity contribution in [2.75, 3.05) is 11.9 Å². The Morgan fingerprint density at radius 1 is 1.00 bits per heavy atom. The van der Waals surface area contributed by atoms with Crippen molar-refractivity contribution in [1.29, 1.82) is 0 Å². The SMILES string of the molecule is CCOC(=O)c1c(NC(=O)C(=O)N/N=C\c2ccc(OC(=O)c3ccccc3Cl)cc2)sc2c1CCCC2. The van der Waals surface area contributed by atoms with Crippen LogP contribution >= 0.6 is 22.9 Å². The molecule has 2 aromatic carbocycles. The van der Waals surface area contributed by atoms with Crippen LogP contribution in [0.15, 0.2) is 53.6 Å². The van der Waals surface area contributed by atoms with Gasteiger partial charge >= 0.3 is 23.8 Å². The van der Waals surface area contributed by atoms with Crippen LogP contribution in [0, 0.1) is 0 Å². The van der Waals surface area contributed by atoms with Gasteiger partial charge in [0.05, 0.1) is 29.0 Å². The number of halogens is 1. The molecule has 0 saturated heterocycles. The summed E-state index contributed by atoms with van der Waals surface area (Å²) in [7, 11) is 0. The summed E-state index contributed by atoms with van der Waals surface area (Å²) in [5, 5.41) is 6.94. The molecule has 9 nitrogen and oxygen atoms in total. The third-order valence-electron chi connectivity index (χ3n) is 5.65. The maximum absolute atomic E-state index is 12.5. The van der Waals surface area contributed by atoms with E-state index in [1.165, 1.54) is 17.6 Å². The first kappa shape index (κ1) is 27.0. The van der Waals surface area contributed by atoms with Crippen LogP contribution < -0.4 is 15.5 Å². The number of benzene rings is 2. The van der Waals surface area contributed by atoms with Crippen molar-refractivity contribution in [1.82, 2.24) is 5.43 Å². The Hall–Kier alpha value is -4.02. The zero-order chi connectivity index (χ0) is 27.1. The number of carbonyl (C=O) groups excluding carboxylic acids is 4. The van der Waals surface area contributed by atoms with Crippen molar-refractivity contribution in [3.05, 3.63) is 80.7 Å². The molecule has 2 amide bonds. The molecule has 196 valence electrons. The molecular formula is C27H24ClN3O6S. The second-order valence-electron chi connectivity index (χ2n) is 8.23. The second-order valence-corrected chi connectivity index (χ2v) is 9.74. The van der Waals surface area contributed by atoms with Gasteiger partial charge in [0.1, 0.15) is 10.8 Å². The summed E-state index contributed by atoms with van der Waals surface area (Å²) in [6, 6.07) is 12.9. The highest BCUT2D eigenvalue weighted by Crippen LogP contribution is 2.38. The molecule has 1 aromatic heterocycles. The molecule has 1 aliphatic carbocycles. The van der Waals surface area contributed by atoms with Gasteiger partial charge in [-0.15, -0.1) is 11.3 Å². The Morgan fingerprint density at radius 2 is 1.74 bits per heavy atom. The number of amides is 2. The largest absolute Gasteiger partial charge is 0.462 e. The van der Waals surface area contributed by atoms with Crippen molar-refractivity contribution in [3.8, 4) is 5.75 Å². The summed E-state index contributed by atoms with van der Waals surface area (Å²) in [6.07, 6.45) is 4.83. The van der Waals surface area contributed by atoms with E-state index in [1.54, 1.807) is 55.5 Å². The standard InChI is InChI=1S/C27H24ClN3O6S/c1-2-36-27(35)22-19-8-4-6-10-21(19)38-25(22)30-23(32)24(33)31-29-15-16-11-13-17(14-12-16)37-26(34)18-7-3-5-9-20(18)28/h3,5,7,9,11-15H,2,4,6,8,10H2,1H3,(H,30,32)(H,31,33)/b29-15-. The number of hydrogen-bond acceptors (Lipinski definition) is 8. The second kappa shape index (κ2) is 12.5. The Kier molecular flexibility index (Phi) is 8.88. The van der Waals surface area contributed by atoms with Crippen LogP contribution in [0.4, 0.5) is 5.00 Å². The van der Waals surface area contributed by atoms with Crippen molar-refractivity contribution >= 4 is 57.9 Å².